The average molecular weight is 390 g/mol. The molecule has 29 heavy (non-hydrogen) atoms. The zero-order chi connectivity index (χ0) is 19.9. The van der Waals surface area contributed by atoms with Crippen molar-refractivity contribution in [1.82, 2.24) is 20.4 Å². The van der Waals surface area contributed by atoms with Crippen molar-refractivity contribution in [3.8, 4) is 0 Å². The first-order valence-electron chi connectivity index (χ1n) is 10.2. The Kier molecular flexibility index (Phi) is 6.10. The van der Waals surface area contributed by atoms with Gasteiger partial charge in [-0.2, -0.15) is 5.10 Å². The number of benzene rings is 2. The van der Waals surface area contributed by atoms with Gasteiger partial charge in [-0.3, -0.25) is 4.68 Å². The molecule has 1 aliphatic rings. The third kappa shape index (κ3) is 5.16. The molecule has 0 saturated carbocycles. The minimum atomic E-state index is -0.1000. The molecule has 2 heterocycles. The van der Waals surface area contributed by atoms with Gasteiger partial charge in [0.2, 0.25) is 0 Å². The Morgan fingerprint density at radius 1 is 0.966 bits per heavy atom. The van der Waals surface area contributed by atoms with Crippen molar-refractivity contribution < 1.29 is 4.79 Å². The van der Waals surface area contributed by atoms with Crippen molar-refractivity contribution in [2.45, 2.75) is 32.0 Å². The molecular formula is C23H27N5O. The fraction of sp³-hybridized carbons (Fsp3) is 0.304. The topological polar surface area (TPSA) is 62.2 Å². The van der Waals surface area contributed by atoms with Crippen LogP contribution in [-0.2, 0) is 13.1 Å². The molecule has 1 saturated heterocycles. The first-order valence-corrected chi connectivity index (χ1v) is 10.2. The maximum absolute atomic E-state index is 12.4. The SMILES string of the molecule is O=C(NCc1ccccc1Cn1cccn1)NC1CCN(c2ccccc2)CC1. The molecule has 0 aliphatic carbocycles. The third-order valence-electron chi connectivity index (χ3n) is 5.40. The number of carbonyl (C=O) groups excluding carboxylic acids is 1. The third-order valence-corrected chi connectivity index (χ3v) is 5.40. The zero-order valence-electron chi connectivity index (χ0n) is 16.5. The molecule has 2 amide bonds. The summed E-state index contributed by atoms with van der Waals surface area (Å²) in [5.74, 6) is 0. The molecule has 0 bridgehead atoms. The van der Waals surface area contributed by atoms with Crippen LogP contribution in [0.2, 0.25) is 0 Å². The van der Waals surface area contributed by atoms with Crippen LogP contribution in [0.25, 0.3) is 0 Å². The van der Waals surface area contributed by atoms with Gasteiger partial charge in [-0.05, 0) is 42.2 Å². The van der Waals surface area contributed by atoms with Crippen LogP contribution in [-0.4, -0.2) is 34.9 Å². The van der Waals surface area contributed by atoms with Gasteiger partial charge in [-0.25, -0.2) is 4.79 Å². The van der Waals surface area contributed by atoms with Gasteiger partial charge in [0.25, 0.3) is 0 Å². The summed E-state index contributed by atoms with van der Waals surface area (Å²) in [5, 5.41) is 10.4. The van der Waals surface area contributed by atoms with Crippen molar-refractivity contribution >= 4 is 11.7 Å². The number of urea groups is 1. The number of piperidine rings is 1. The van der Waals surface area contributed by atoms with Crippen LogP contribution in [0.1, 0.15) is 24.0 Å². The first-order chi connectivity index (χ1) is 14.3. The molecule has 1 fully saturated rings. The fourth-order valence-corrected chi connectivity index (χ4v) is 3.79. The second-order valence-corrected chi connectivity index (χ2v) is 7.40. The van der Waals surface area contributed by atoms with E-state index in [4.69, 9.17) is 0 Å². The molecule has 4 rings (SSSR count). The lowest BCUT2D eigenvalue weighted by Gasteiger charge is -2.34. The Morgan fingerprint density at radius 2 is 1.69 bits per heavy atom. The molecule has 6 nitrogen and oxygen atoms in total. The largest absolute Gasteiger partial charge is 0.371 e. The van der Waals surface area contributed by atoms with E-state index in [1.807, 2.05) is 35.1 Å². The van der Waals surface area contributed by atoms with Gasteiger partial charge in [0.15, 0.2) is 0 Å². The van der Waals surface area contributed by atoms with E-state index in [1.165, 1.54) is 5.69 Å². The predicted molar refractivity (Wildman–Crippen MR) is 115 cm³/mol. The molecule has 1 aromatic heterocycles. The van der Waals surface area contributed by atoms with E-state index in [-0.39, 0.29) is 12.1 Å². The second kappa shape index (κ2) is 9.28. The lowest BCUT2D eigenvalue weighted by Crippen LogP contribution is -2.47. The molecule has 0 unspecified atom stereocenters. The lowest BCUT2D eigenvalue weighted by atomic mass is 10.0. The van der Waals surface area contributed by atoms with Gasteiger partial charge < -0.3 is 15.5 Å². The van der Waals surface area contributed by atoms with E-state index < -0.39 is 0 Å². The van der Waals surface area contributed by atoms with E-state index in [1.54, 1.807) is 6.20 Å². The number of anilines is 1. The monoisotopic (exact) mass is 389 g/mol. The molecule has 150 valence electrons. The smallest absolute Gasteiger partial charge is 0.315 e. The van der Waals surface area contributed by atoms with Crippen molar-refractivity contribution in [3.63, 3.8) is 0 Å². The van der Waals surface area contributed by atoms with Gasteiger partial charge in [-0.1, -0.05) is 42.5 Å². The summed E-state index contributed by atoms with van der Waals surface area (Å²) in [4.78, 5) is 14.8. The highest BCUT2D eigenvalue weighted by Crippen LogP contribution is 2.19. The molecule has 0 spiro atoms. The van der Waals surface area contributed by atoms with Gasteiger partial charge in [0.1, 0.15) is 0 Å². The minimum Gasteiger partial charge on any atom is -0.371 e. The number of hydrogen-bond acceptors (Lipinski definition) is 3. The summed E-state index contributed by atoms with van der Waals surface area (Å²) in [6.07, 6.45) is 5.63. The molecule has 6 heteroatoms. The number of rotatable bonds is 6. The van der Waals surface area contributed by atoms with E-state index in [0.29, 0.717) is 13.1 Å². The average Bonchev–Trinajstić information content (AvgIpc) is 3.27. The maximum atomic E-state index is 12.4. The fourth-order valence-electron chi connectivity index (χ4n) is 3.79. The van der Waals surface area contributed by atoms with Crippen LogP contribution in [0.15, 0.2) is 73.1 Å². The number of amides is 2. The van der Waals surface area contributed by atoms with E-state index in [9.17, 15) is 4.79 Å². The number of nitrogens with one attached hydrogen (secondary N) is 2. The van der Waals surface area contributed by atoms with E-state index in [2.05, 4.69) is 57.0 Å². The molecule has 2 aromatic carbocycles. The Labute approximate surface area is 171 Å². The van der Waals surface area contributed by atoms with Crippen LogP contribution < -0.4 is 15.5 Å². The maximum Gasteiger partial charge on any atom is 0.315 e. The van der Waals surface area contributed by atoms with Crippen LogP contribution >= 0.6 is 0 Å². The molecular weight excluding hydrogens is 362 g/mol. The lowest BCUT2D eigenvalue weighted by molar-refractivity contribution is 0.234. The normalized spacial score (nSPS) is 14.6. The molecule has 3 aromatic rings. The van der Waals surface area contributed by atoms with Gasteiger partial charge in [0.05, 0.1) is 6.54 Å². The van der Waals surface area contributed by atoms with Crippen LogP contribution in [0.4, 0.5) is 10.5 Å². The van der Waals surface area contributed by atoms with Crippen molar-refractivity contribution in [1.29, 1.82) is 0 Å². The molecule has 0 atom stereocenters. The highest BCUT2D eigenvalue weighted by atomic mass is 16.2. The van der Waals surface area contributed by atoms with Crippen LogP contribution in [0.3, 0.4) is 0 Å². The first kappa shape index (κ1) is 19.1. The highest BCUT2D eigenvalue weighted by molar-refractivity contribution is 5.74. The van der Waals surface area contributed by atoms with Crippen LogP contribution in [0, 0.1) is 0 Å². The Morgan fingerprint density at radius 3 is 2.41 bits per heavy atom. The minimum absolute atomic E-state index is 0.1000. The summed E-state index contributed by atoms with van der Waals surface area (Å²) >= 11 is 0. The van der Waals surface area contributed by atoms with Crippen LogP contribution in [0.5, 0.6) is 0 Å². The Bertz CT molecular complexity index is 902. The summed E-state index contributed by atoms with van der Waals surface area (Å²) in [6.45, 7) is 3.12. The molecule has 1 aliphatic heterocycles. The van der Waals surface area contributed by atoms with Gasteiger partial charge >= 0.3 is 6.03 Å². The summed E-state index contributed by atoms with van der Waals surface area (Å²) in [7, 11) is 0. The standard InChI is InChI=1S/C23H27N5O/c29-23(26-21-11-15-27(16-12-21)22-9-2-1-3-10-22)24-17-19-7-4-5-8-20(19)18-28-14-6-13-25-28/h1-10,13-14,21H,11-12,15-18H2,(H2,24,26,29). The summed E-state index contributed by atoms with van der Waals surface area (Å²) < 4.78 is 1.89. The molecule has 0 radical (unpaired) electrons. The second-order valence-electron chi connectivity index (χ2n) is 7.40. The quantitative estimate of drug-likeness (QED) is 0.679. The summed E-state index contributed by atoms with van der Waals surface area (Å²) in [6, 6.07) is 20.6. The number of nitrogens with zero attached hydrogens (tertiary/aromatic N) is 3. The molecule has 2 N–H and O–H groups in total. The van der Waals surface area contributed by atoms with Crippen molar-refractivity contribution in [2.75, 3.05) is 18.0 Å². The summed E-state index contributed by atoms with van der Waals surface area (Å²) in [5.41, 5.74) is 3.52. The Hall–Kier alpha value is -3.28. The predicted octanol–water partition coefficient (Wildman–Crippen LogP) is 3.40. The number of aromatic nitrogens is 2. The highest BCUT2D eigenvalue weighted by Gasteiger charge is 2.20. The Balaban J connectivity index is 1.25. The van der Waals surface area contributed by atoms with Crippen molar-refractivity contribution in [3.05, 3.63) is 84.2 Å². The van der Waals surface area contributed by atoms with E-state index in [0.717, 1.165) is 37.1 Å². The van der Waals surface area contributed by atoms with Gasteiger partial charge in [-0.15, -0.1) is 0 Å². The number of hydrogen-bond donors (Lipinski definition) is 2. The number of carbonyl (C=O) groups is 1. The van der Waals surface area contributed by atoms with Gasteiger partial charge in [0, 0.05) is 43.8 Å². The van der Waals surface area contributed by atoms with E-state index >= 15 is 0 Å². The zero-order valence-corrected chi connectivity index (χ0v) is 16.5. The number of para-hydroxylation sites is 1. The van der Waals surface area contributed by atoms with Crippen molar-refractivity contribution in [2.24, 2.45) is 0 Å².